The summed E-state index contributed by atoms with van der Waals surface area (Å²) in [7, 11) is -4.04. The number of amides is 2. The SMILES string of the molecule is O=C(NCc1cccnc1)c1ccccc1NC(=O)[C@@H]1CN(S(=O)(=O)c2ccc(Cl)cc2)c2ccccc2O1. The van der Waals surface area contributed by atoms with Gasteiger partial charge >= 0.3 is 0 Å². The number of carbonyl (C=O) groups excluding carboxylic acids is 2. The molecule has 0 spiro atoms. The summed E-state index contributed by atoms with van der Waals surface area (Å²) in [5.41, 5.74) is 1.65. The van der Waals surface area contributed by atoms with Crippen LogP contribution in [-0.2, 0) is 21.4 Å². The fourth-order valence-electron chi connectivity index (χ4n) is 4.08. The summed E-state index contributed by atoms with van der Waals surface area (Å²) in [6, 6.07) is 22.5. The maximum absolute atomic E-state index is 13.6. The van der Waals surface area contributed by atoms with Gasteiger partial charge in [-0.25, -0.2) is 8.42 Å². The van der Waals surface area contributed by atoms with Gasteiger partial charge in [0.15, 0.2) is 6.10 Å². The van der Waals surface area contributed by atoms with Crippen molar-refractivity contribution in [3.63, 3.8) is 0 Å². The topological polar surface area (TPSA) is 118 Å². The Morgan fingerprint density at radius 1 is 0.974 bits per heavy atom. The van der Waals surface area contributed by atoms with Crippen molar-refractivity contribution < 1.29 is 22.7 Å². The molecule has 0 saturated carbocycles. The molecule has 0 aliphatic carbocycles. The molecule has 198 valence electrons. The average Bonchev–Trinajstić information content (AvgIpc) is 2.96. The maximum atomic E-state index is 13.6. The molecule has 0 saturated heterocycles. The molecule has 11 heteroatoms. The molecule has 9 nitrogen and oxygen atoms in total. The number of nitrogens with zero attached hydrogens (tertiary/aromatic N) is 2. The molecule has 4 aromatic rings. The largest absolute Gasteiger partial charge is 0.476 e. The molecule has 0 fully saturated rings. The normalized spacial score (nSPS) is 14.6. The third-order valence-corrected chi connectivity index (χ3v) is 8.08. The average molecular weight is 563 g/mol. The molecule has 1 atom stereocenters. The smallest absolute Gasteiger partial charge is 0.267 e. The van der Waals surface area contributed by atoms with E-state index in [0.717, 1.165) is 9.87 Å². The van der Waals surface area contributed by atoms with Gasteiger partial charge in [0.25, 0.3) is 21.8 Å². The lowest BCUT2D eigenvalue weighted by molar-refractivity contribution is -0.122. The van der Waals surface area contributed by atoms with Crippen LogP contribution in [0.5, 0.6) is 5.75 Å². The van der Waals surface area contributed by atoms with Crippen LogP contribution in [0, 0.1) is 0 Å². The number of nitrogens with one attached hydrogen (secondary N) is 2. The van der Waals surface area contributed by atoms with E-state index in [0.29, 0.717) is 10.7 Å². The molecule has 3 aromatic carbocycles. The first-order valence-electron chi connectivity index (χ1n) is 11.9. The number of rotatable bonds is 7. The molecule has 2 amide bonds. The summed E-state index contributed by atoms with van der Waals surface area (Å²) < 4.78 is 34.2. The second-order valence-electron chi connectivity index (χ2n) is 8.64. The molecule has 0 radical (unpaired) electrons. The predicted molar refractivity (Wildman–Crippen MR) is 147 cm³/mol. The Hall–Kier alpha value is -4.41. The number of halogens is 1. The van der Waals surface area contributed by atoms with E-state index in [-0.39, 0.29) is 35.0 Å². The van der Waals surface area contributed by atoms with Gasteiger partial charge in [0.05, 0.1) is 28.4 Å². The first-order valence-corrected chi connectivity index (χ1v) is 13.8. The lowest BCUT2D eigenvalue weighted by Crippen LogP contribution is -2.49. The number of benzene rings is 3. The highest BCUT2D eigenvalue weighted by molar-refractivity contribution is 7.92. The van der Waals surface area contributed by atoms with E-state index in [2.05, 4.69) is 15.6 Å². The highest BCUT2D eigenvalue weighted by Gasteiger charge is 2.37. The molecule has 1 aliphatic heterocycles. The fourth-order valence-corrected chi connectivity index (χ4v) is 5.69. The highest BCUT2D eigenvalue weighted by Crippen LogP contribution is 2.37. The Balaban J connectivity index is 1.37. The van der Waals surface area contributed by atoms with E-state index >= 15 is 0 Å². The van der Waals surface area contributed by atoms with Crippen molar-refractivity contribution >= 4 is 44.8 Å². The Bertz CT molecular complexity index is 1610. The number of ether oxygens (including phenoxy) is 1. The van der Waals surface area contributed by atoms with E-state index in [1.54, 1.807) is 67.0 Å². The monoisotopic (exact) mass is 562 g/mol. The van der Waals surface area contributed by atoms with Gasteiger partial charge in [-0.3, -0.25) is 18.9 Å². The summed E-state index contributed by atoms with van der Waals surface area (Å²) >= 11 is 5.94. The van der Waals surface area contributed by atoms with Crippen LogP contribution < -0.4 is 19.7 Å². The second kappa shape index (κ2) is 11.1. The van der Waals surface area contributed by atoms with Gasteiger partial charge in [0, 0.05) is 24.0 Å². The van der Waals surface area contributed by atoms with Crippen molar-refractivity contribution in [2.24, 2.45) is 0 Å². The Labute approximate surface area is 230 Å². The van der Waals surface area contributed by atoms with Gasteiger partial charge in [-0.15, -0.1) is 0 Å². The first kappa shape index (κ1) is 26.2. The molecule has 2 heterocycles. The minimum absolute atomic E-state index is 0.0263. The molecule has 1 aromatic heterocycles. The zero-order chi connectivity index (χ0) is 27.4. The quantitative estimate of drug-likeness (QED) is 0.347. The fraction of sp³-hybridized carbons (Fsp3) is 0.107. The van der Waals surface area contributed by atoms with Gasteiger partial charge in [-0.1, -0.05) is 41.9 Å². The minimum atomic E-state index is -4.04. The summed E-state index contributed by atoms with van der Waals surface area (Å²) in [6.45, 7) is -0.0157. The molecule has 0 unspecified atom stereocenters. The van der Waals surface area contributed by atoms with Gasteiger partial charge in [0.1, 0.15) is 5.75 Å². The summed E-state index contributed by atoms with van der Waals surface area (Å²) in [5.74, 6) is -0.756. The molecule has 1 aliphatic rings. The van der Waals surface area contributed by atoms with E-state index in [9.17, 15) is 18.0 Å². The number of para-hydroxylation sites is 3. The van der Waals surface area contributed by atoms with Crippen LogP contribution in [0.3, 0.4) is 0 Å². The van der Waals surface area contributed by atoms with Crippen molar-refractivity contribution in [1.29, 1.82) is 0 Å². The van der Waals surface area contributed by atoms with E-state index < -0.39 is 27.9 Å². The number of aromatic nitrogens is 1. The van der Waals surface area contributed by atoms with Crippen molar-refractivity contribution in [2.45, 2.75) is 17.5 Å². The van der Waals surface area contributed by atoms with Gasteiger partial charge in [-0.05, 0) is 60.2 Å². The van der Waals surface area contributed by atoms with E-state index in [1.807, 2.05) is 6.07 Å². The van der Waals surface area contributed by atoms with Crippen molar-refractivity contribution in [2.75, 3.05) is 16.2 Å². The van der Waals surface area contributed by atoms with Crippen molar-refractivity contribution in [3.05, 3.63) is 113 Å². The molecule has 5 rings (SSSR count). The molecule has 2 N–H and O–H groups in total. The van der Waals surface area contributed by atoms with Gasteiger partial charge < -0.3 is 15.4 Å². The van der Waals surface area contributed by atoms with Crippen LogP contribution >= 0.6 is 11.6 Å². The zero-order valence-corrected chi connectivity index (χ0v) is 22.0. The van der Waals surface area contributed by atoms with Crippen LogP contribution in [0.25, 0.3) is 0 Å². The van der Waals surface area contributed by atoms with Crippen LogP contribution in [0.1, 0.15) is 15.9 Å². The second-order valence-corrected chi connectivity index (χ2v) is 10.9. The van der Waals surface area contributed by atoms with Crippen molar-refractivity contribution in [3.8, 4) is 5.75 Å². The molecule has 39 heavy (non-hydrogen) atoms. The number of hydrogen-bond donors (Lipinski definition) is 2. The van der Waals surface area contributed by atoms with Crippen LogP contribution in [0.2, 0.25) is 5.02 Å². The number of sulfonamides is 1. The van der Waals surface area contributed by atoms with Crippen LogP contribution in [0.15, 0.2) is 102 Å². The van der Waals surface area contributed by atoms with Gasteiger partial charge in [-0.2, -0.15) is 0 Å². The van der Waals surface area contributed by atoms with Crippen LogP contribution in [-0.4, -0.2) is 37.9 Å². The molecule has 0 bridgehead atoms. The Kier molecular flexibility index (Phi) is 7.49. The molecular weight excluding hydrogens is 540 g/mol. The highest BCUT2D eigenvalue weighted by atomic mass is 35.5. The Morgan fingerprint density at radius 2 is 1.72 bits per heavy atom. The maximum Gasteiger partial charge on any atom is 0.267 e. The minimum Gasteiger partial charge on any atom is -0.476 e. The number of fused-ring (bicyclic) bond motifs is 1. The summed E-state index contributed by atoms with van der Waals surface area (Å²) in [5, 5.41) is 5.95. The standard InChI is InChI=1S/C28H23ClN4O5S/c29-20-11-13-21(14-12-20)39(36,37)33-18-26(38-25-10-4-3-9-24(25)33)28(35)32-23-8-2-1-7-22(23)27(34)31-17-19-6-5-15-30-16-19/h1-16,26H,17-18H2,(H,31,34)(H,32,35)/t26-/m0/s1. The predicted octanol–water partition coefficient (Wildman–Crippen LogP) is 4.26. The lowest BCUT2D eigenvalue weighted by atomic mass is 10.1. The number of pyridine rings is 1. The third-order valence-electron chi connectivity index (χ3n) is 6.03. The zero-order valence-electron chi connectivity index (χ0n) is 20.5. The van der Waals surface area contributed by atoms with Crippen molar-refractivity contribution in [1.82, 2.24) is 10.3 Å². The number of hydrogen-bond acceptors (Lipinski definition) is 6. The van der Waals surface area contributed by atoms with Gasteiger partial charge in [0.2, 0.25) is 0 Å². The molecular formula is C28H23ClN4O5S. The first-order chi connectivity index (χ1) is 18.8. The summed E-state index contributed by atoms with van der Waals surface area (Å²) in [4.78, 5) is 30.3. The summed E-state index contributed by atoms with van der Waals surface area (Å²) in [6.07, 6.45) is 2.10. The van der Waals surface area contributed by atoms with E-state index in [1.165, 1.54) is 24.3 Å². The van der Waals surface area contributed by atoms with Crippen LogP contribution in [0.4, 0.5) is 11.4 Å². The third kappa shape index (κ3) is 5.71. The number of anilines is 2. The Morgan fingerprint density at radius 3 is 2.49 bits per heavy atom. The number of carbonyl (C=O) groups is 2. The van der Waals surface area contributed by atoms with E-state index in [4.69, 9.17) is 16.3 Å². The lowest BCUT2D eigenvalue weighted by Gasteiger charge is -2.34.